The number of hydrogen-bond donors (Lipinski definition) is 3. The van der Waals surface area contributed by atoms with E-state index >= 15 is 0 Å². The Hall–Kier alpha value is -7.51. The van der Waals surface area contributed by atoms with Crippen LogP contribution in [0.4, 0.5) is 0 Å². The summed E-state index contributed by atoms with van der Waals surface area (Å²) in [5.74, 6) is 3.31. The minimum atomic E-state index is -0.363. The van der Waals surface area contributed by atoms with Crippen molar-refractivity contribution >= 4 is 17.7 Å². The number of benzene rings is 6. The third-order valence-electron chi connectivity index (χ3n) is 18.8. The Bertz CT molecular complexity index is 3600. The van der Waals surface area contributed by atoms with Gasteiger partial charge in [0.25, 0.3) is 17.7 Å². The minimum Gasteiger partial charge on any atom is -0.496 e. The van der Waals surface area contributed by atoms with Crippen molar-refractivity contribution in [2.45, 2.75) is 196 Å². The summed E-state index contributed by atoms with van der Waals surface area (Å²) in [5, 5.41) is 9.44. The number of fused-ring (bicyclic) bond motifs is 12. The van der Waals surface area contributed by atoms with Crippen LogP contribution in [0.5, 0.6) is 34.5 Å². The Morgan fingerprint density at radius 1 is 0.298 bits per heavy atom. The average Bonchev–Trinajstić information content (AvgIpc) is 0.778. The van der Waals surface area contributed by atoms with Gasteiger partial charge in [-0.15, -0.1) is 0 Å². The van der Waals surface area contributed by atoms with Gasteiger partial charge >= 0.3 is 0 Å². The third kappa shape index (κ3) is 16.8. The highest BCUT2D eigenvalue weighted by Crippen LogP contribution is 2.46. The Morgan fingerprint density at radius 2 is 0.468 bits per heavy atom. The highest BCUT2D eigenvalue weighted by atomic mass is 16.5. The molecule has 9 rings (SSSR count). The maximum Gasteiger partial charge on any atom is 0.257 e. The molecule has 3 amide bonds. The van der Waals surface area contributed by atoms with Gasteiger partial charge in [0.1, 0.15) is 34.5 Å². The van der Waals surface area contributed by atoms with Crippen molar-refractivity contribution in [1.29, 1.82) is 0 Å². The van der Waals surface area contributed by atoms with Gasteiger partial charge in [-0.25, -0.2) is 0 Å². The molecule has 13 heteroatoms. The van der Waals surface area contributed by atoms with Gasteiger partial charge in [0.2, 0.25) is 0 Å². The van der Waals surface area contributed by atoms with Crippen LogP contribution in [0.1, 0.15) is 225 Å². The molecule has 13 nitrogen and oxygen atoms in total. The first-order valence-corrected chi connectivity index (χ1v) is 33.9. The highest BCUT2D eigenvalue weighted by Gasteiger charge is 2.32. The Labute approximate surface area is 562 Å². The number of ether oxygens (including phenoxy) is 6. The van der Waals surface area contributed by atoms with E-state index in [9.17, 15) is 14.4 Å². The summed E-state index contributed by atoms with van der Waals surface area (Å²) in [4.78, 5) is 45.2. The largest absolute Gasteiger partial charge is 0.496 e. The van der Waals surface area contributed by atoms with E-state index in [-0.39, 0.29) is 70.0 Å². The first-order valence-electron chi connectivity index (χ1n) is 33.9. The lowest BCUT2D eigenvalue weighted by molar-refractivity contribution is -0.123. The summed E-state index contributed by atoms with van der Waals surface area (Å²) < 4.78 is 41.4. The van der Waals surface area contributed by atoms with Crippen LogP contribution < -0.4 is 44.4 Å². The first kappa shape index (κ1) is 70.8. The number of nitrogens with one attached hydrogen (secondary N) is 3. The zero-order valence-electron chi connectivity index (χ0n) is 60.7. The van der Waals surface area contributed by atoms with Crippen LogP contribution in [-0.4, -0.2) is 103 Å². The van der Waals surface area contributed by atoms with Gasteiger partial charge in [0, 0.05) is 77.8 Å². The molecule has 0 fully saturated rings. The molecule has 506 valence electrons. The molecule has 0 aromatic heterocycles. The Kier molecular flexibility index (Phi) is 20.8. The van der Waals surface area contributed by atoms with Gasteiger partial charge < -0.3 is 44.4 Å². The van der Waals surface area contributed by atoms with E-state index < -0.39 is 0 Å². The minimum absolute atomic E-state index is 0.236. The fourth-order valence-corrected chi connectivity index (χ4v) is 13.2. The molecule has 0 saturated heterocycles. The average molecular weight is 1280 g/mol. The van der Waals surface area contributed by atoms with E-state index in [2.05, 4.69) is 218 Å². The van der Waals surface area contributed by atoms with E-state index in [1.54, 1.807) is 21.3 Å². The van der Waals surface area contributed by atoms with Gasteiger partial charge in [-0.1, -0.05) is 197 Å². The lowest BCUT2D eigenvalue weighted by Crippen LogP contribution is -2.44. The molecule has 0 atom stereocenters. The molecule has 6 aromatic carbocycles. The molecule has 3 N–H and O–H groups in total. The van der Waals surface area contributed by atoms with Crippen molar-refractivity contribution < 1.29 is 42.8 Å². The normalized spacial score (nSPS) is 16.2. The second-order valence-corrected chi connectivity index (χ2v) is 32.7. The van der Waals surface area contributed by atoms with Crippen LogP contribution >= 0.6 is 0 Å². The van der Waals surface area contributed by atoms with Crippen LogP contribution in [0.15, 0.2) is 72.8 Å². The number of carbonyl (C=O) groups excluding carboxylic acids is 3. The Balaban J connectivity index is 1.47. The van der Waals surface area contributed by atoms with Gasteiger partial charge in [-0.05, 0) is 133 Å². The molecule has 0 radical (unpaired) electrons. The van der Waals surface area contributed by atoms with Crippen LogP contribution in [0, 0.1) is 0 Å². The number of carbonyl (C=O) groups is 3. The summed E-state index contributed by atoms with van der Waals surface area (Å²) in [6, 6.07) is 27.3. The fourth-order valence-electron chi connectivity index (χ4n) is 13.2. The Morgan fingerprint density at radius 3 is 0.649 bits per heavy atom. The van der Waals surface area contributed by atoms with E-state index in [0.717, 1.165) is 112 Å². The van der Waals surface area contributed by atoms with Crippen LogP contribution in [0.25, 0.3) is 0 Å². The maximum absolute atomic E-state index is 14.4. The summed E-state index contributed by atoms with van der Waals surface area (Å²) >= 11 is 0. The fraction of sp³-hybridized carbons (Fsp3) is 0.519. The van der Waals surface area contributed by atoms with E-state index in [0.29, 0.717) is 95.0 Å². The van der Waals surface area contributed by atoms with E-state index in [1.165, 1.54) is 5.56 Å². The van der Waals surface area contributed by atoms with Crippen molar-refractivity contribution in [3.63, 3.8) is 0 Å². The van der Waals surface area contributed by atoms with Crippen LogP contribution in [0.3, 0.4) is 0 Å². The monoisotopic (exact) mass is 1280 g/mol. The first-order chi connectivity index (χ1) is 43.9. The quantitative estimate of drug-likeness (QED) is 0.146. The highest BCUT2D eigenvalue weighted by molar-refractivity contribution is 5.79. The smallest absolute Gasteiger partial charge is 0.257 e. The number of methoxy groups -OCH3 is 3. The van der Waals surface area contributed by atoms with Gasteiger partial charge in [-0.3, -0.25) is 19.3 Å². The topological polar surface area (TPSA) is 146 Å². The zero-order valence-corrected chi connectivity index (χ0v) is 60.7. The van der Waals surface area contributed by atoms with Crippen LogP contribution in [0.2, 0.25) is 0 Å². The molecule has 1 aliphatic carbocycles. The molecular formula is C81H108N4O9. The molecule has 3 aliphatic rings. The molecule has 2 aliphatic heterocycles. The second-order valence-electron chi connectivity index (χ2n) is 32.7. The van der Waals surface area contributed by atoms with Crippen LogP contribution in [-0.2, 0) is 85.4 Å². The predicted octanol–water partition coefficient (Wildman–Crippen LogP) is 14.2. The molecule has 0 saturated carbocycles. The third-order valence-corrected chi connectivity index (χ3v) is 18.8. The molecule has 94 heavy (non-hydrogen) atoms. The van der Waals surface area contributed by atoms with E-state index in [1.807, 2.05) is 0 Å². The predicted molar refractivity (Wildman–Crippen MR) is 379 cm³/mol. The molecule has 16 bridgehead atoms. The second kappa shape index (κ2) is 27.7. The van der Waals surface area contributed by atoms with Crippen molar-refractivity contribution in [3.05, 3.63) is 173 Å². The van der Waals surface area contributed by atoms with Crippen molar-refractivity contribution in [3.8, 4) is 34.5 Å². The van der Waals surface area contributed by atoms with Gasteiger partial charge in [0.05, 0.1) is 21.3 Å². The number of hydrogen-bond acceptors (Lipinski definition) is 10. The lowest BCUT2D eigenvalue weighted by atomic mass is 9.79. The molecule has 0 unspecified atom stereocenters. The zero-order chi connectivity index (χ0) is 68.6. The summed E-state index contributed by atoms with van der Waals surface area (Å²) in [5.41, 5.74) is 16.2. The summed E-state index contributed by atoms with van der Waals surface area (Å²) in [6.07, 6.45) is 2.44. The molecule has 0 spiro atoms. The molecular weight excluding hydrogens is 1170 g/mol. The molecule has 2 heterocycles. The van der Waals surface area contributed by atoms with Gasteiger partial charge in [-0.2, -0.15) is 0 Å². The molecule has 6 aromatic rings. The van der Waals surface area contributed by atoms with Gasteiger partial charge in [0.15, 0.2) is 19.8 Å². The van der Waals surface area contributed by atoms with Crippen molar-refractivity contribution in [2.24, 2.45) is 0 Å². The maximum atomic E-state index is 14.4. The summed E-state index contributed by atoms with van der Waals surface area (Å²) in [7, 11) is 5.32. The number of amides is 3. The van der Waals surface area contributed by atoms with Crippen molar-refractivity contribution in [1.82, 2.24) is 20.9 Å². The standard InChI is InChI=1S/C81H108N4O9/c1-76(2,3)61-34-49-28-51-36-62(77(4,5)6)38-53(71(51)90-20)30-55-40-64(79(10,11)12)42-57-32-59-44-66(81(16,17)18)45-60-33-58-43-65(80(13,14)15)41-56(31-54-39-63(78(7,8)9)37-52(72(54)91-21)29-50(35-61)70(49)89-19)74(58)93-47-68(87)83-23-26-85(25-22-82-67(86)46-92-73(55)57)27-24-84-69(88)48-94-75(59)60/h34-45H,22-33,46-48H2,1-21H3,(H,82,86)(H,83,87)(H,84,88). The van der Waals surface area contributed by atoms with Crippen molar-refractivity contribution in [2.75, 3.05) is 80.4 Å². The van der Waals surface area contributed by atoms with E-state index in [4.69, 9.17) is 28.4 Å². The SMILES string of the molecule is COc1c2cc(C(C)(C)C)cc1Cc1cc(C(C)(C)C)cc(c1OC)Cc1cc(C(C)(C)C)cc3c1OCC(=O)NCCN1CCNC(=O)COc4c(cc(C(C)(C)C)cc4Cc4cc(C(C)(C)C)cc(c4OCC(=O)NCC1)C3)Cc1cc(C(C)(C)C)cc(c1OC)C2. The lowest BCUT2D eigenvalue weighted by Gasteiger charge is -2.29. The number of nitrogens with zero attached hydrogens (tertiary/aromatic N) is 1. The summed E-state index contributed by atoms with van der Waals surface area (Å²) in [6.45, 7) is 41.9. The number of rotatable bonds is 3.